The van der Waals surface area contributed by atoms with Crippen molar-refractivity contribution in [2.24, 2.45) is 5.73 Å². The van der Waals surface area contributed by atoms with Crippen LogP contribution in [0.1, 0.15) is 30.4 Å². The average Bonchev–Trinajstić information content (AvgIpc) is 2.86. The quantitative estimate of drug-likeness (QED) is 0.889. The van der Waals surface area contributed by atoms with E-state index in [9.17, 15) is 9.59 Å². The minimum atomic E-state index is -0.486. The van der Waals surface area contributed by atoms with E-state index in [1.54, 1.807) is 4.90 Å². The third-order valence-corrected chi connectivity index (χ3v) is 4.01. The molecule has 21 heavy (non-hydrogen) atoms. The number of piperazine rings is 1. The zero-order chi connectivity index (χ0) is 15.6. The molecular formula is C13H20N4O3S. The van der Waals surface area contributed by atoms with E-state index >= 15 is 0 Å². The number of carbonyl (C=O) groups is 2. The lowest BCUT2D eigenvalue weighted by atomic mass is 10.2. The van der Waals surface area contributed by atoms with Crippen LogP contribution in [0.4, 0.5) is 9.93 Å². The number of amides is 2. The lowest BCUT2D eigenvalue weighted by Gasteiger charge is -2.35. The van der Waals surface area contributed by atoms with E-state index in [0.29, 0.717) is 31.1 Å². The Labute approximate surface area is 127 Å². The van der Waals surface area contributed by atoms with Crippen LogP contribution in [-0.4, -0.2) is 53.7 Å². The number of anilines is 1. The van der Waals surface area contributed by atoms with Crippen LogP contribution < -0.4 is 10.6 Å². The van der Waals surface area contributed by atoms with Gasteiger partial charge in [0.1, 0.15) is 10.5 Å². The highest BCUT2D eigenvalue weighted by atomic mass is 32.1. The van der Waals surface area contributed by atoms with E-state index in [1.807, 2.05) is 25.7 Å². The third-order valence-electron chi connectivity index (χ3n) is 2.94. The summed E-state index contributed by atoms with van der Waals surface area (Å²) in [5.74, 6) is -0.467. The van der Waals surface area contributed by atoms with Gasteiger partial charge in [0.25, 0.3) is 5.91 Å². The van der Waals surface area contributed by atoms with Gasteiger partial charge in [0, 0.05) is 26.2 Å². The van der Waals surface area contributed by atoms with E-state index in [4.69, 9.17) is 10.5 Å². The molecule has 2 N–H and O–H groups in total. The highest BCUT2D eigenvalue weighted by Gasteiger charge is 2.26. The minimum Gasteiger partial charge on any atom is -0.444 e. The molecule has 2 amide bonds. The van der Waals surface area contributed by atoms with Crippen molar-refractivity contribution >= 4 is 28.5 Å². The number of nitrogens with zero attached hydrogens (tertiary/aromatic N) is 3. The van der Waals surface area contributed by atoms with Gasteiger partial charge in [-0.05, 0) is 20.8 Å². The van der Waals surface area contributed by atoms with Crippen LogP contribution in [-0.2, 0) is 4.74 Å². The molecule has 1 saturated heterocycles. The molecule has 0 aromatic carbocycles. The van der Waals surface area contributed by atoms with Crippen molar-refractivity contribution in [2.75, 3.05) is 31.1 Å². The molecule has 0 bridgehead atoms. The van der Waals surface area contributed by atoms with Crippen LogP contribution in [0.15, 0.2) is 6.20 Å². The van der Waals surface area contributed by atoms with Gasteiger partial charge in [-0.2, -0.15) is 0 Å². The van der Waals surface area contributed by atoms with Crippen LogP contribution >= 0.6 is 11.3 Å². The SMILES string of the molecule is CC(C)(C)OC(=O)N1CCN(c2ncc(C(N)=O)s2)CC1. The van der Waals surface area contributed by atoms with E-state index < -0.39 is 11.5 Å². The first kappa shape index (κ1) is 15.6. The second-order valence-electron chi connectivity index (χ2n) is 5.83. The van der Waals surface area contributed by atoms with E-state index in [1.165, 1.54) is 17.5 Å². The number of carbonyl (C=O) groups excluding carboxylic acids is 2. The van der Waals surface area contributed by atoms with Crippen LogP contribution in [0.5, 0.6) is 0 Å². The number of thiazole rings is 1. The largest absolute Gasteiger partial charge is 0.444 e. The maximum Gasteiger partial charge on any atom is 0.410 e. The Hall–Kier alpha value is -1.83. The molecule has 116 valence electrons. The van der Waals surface area contributed by atoms with Crippen LogP contribution in [0.2, 0.25) is 0 Å². The second-order valence-corrected chi connectivity index (χ2v) is 6.83. The summed E-state index contributed by atoms with van der Waals surface area (Å²) in [6.45, 7) is 8.00. The zero-order valence-electron chi connectivity index (χ0n) is 12.5. The molecule has 7 nitrogen and oxygen atoms in total. The average molecular weight is 312 g/mol. The second kappa shape index (κ2) is 5.88. The van der Waals surface area contributed by atoms with Crippen molar-refractivity contribution in [3.05, 3.63) is 11.1 Å². The van der Waals surface area contributed by atoms with E-state index in [0.717, 1.165) is 5.13 Å². The molecule has 0 spiro atoms. The van der Waals surface area contributed by atoms with Crippen molar-refractivity contribution in [1.29, 1.82) is 0 Å². The molecule has 0 aliphatic carbocycles. The zero-order valence-corrected chi connectivity index (χ0v) is 13.3. The molecule has 1 aromatic heterocycles. The predicted molar refractivity (Wildman–Crippen MR) is 80.7 cm³/mol. The number of primary amides is 1. The summed E-state index contributed by atoms with van der Waals surface area (Å²) in [5, 5.41) is 0.757. The summed E-state index contributed by atoms with van der Waals surface area (Å²) >= 11 is 1.27. The Kier molecular flexibility index (Phi) is 4.36. The predicted octanol–water partition coefficient (Wildman–Crippen LogP) is 1.30. The summed E-state index contributed by atoms with van der Waals surface area (Å²) < 4.78 is 5.35. The molecule has 1 aliphatic rings. The molecular weight excluding hydrogens is 292 g/mol. The summed E-state index contributed by atoms with van der Waals surface area (Å²) in [6, 6.07) is 0. The number of rotatable bonds is 2. The van der Waals surface area contributed by atoms with Gasteiger partial charge >= 0.3 is 6.09 Å². The Morgan fingerprint density at radius 1 is 1.29 bits per heavy atom. The standard InChI is InChI=1S/C13H20N4O3S/c1-13(2,3)20-12(19)17-6-4-16(5-7-17)11-15-8-9(21-11)10(14)18/h8H,4-7H2,1-3H3,(H2,14,18). The summed E-state index contributed by atoms with van der Waals surface area (Å²) in [7, 11) is 0. The van der Waals surface area contributed by atoms with Crippen LogP contribution in [0.3, 0.4) is 0 Å². The molecule has 2 heterocycles. The number of aromatic nitrogens is 1. The monoisotopic (exact) mass is 312 g/mol. The fourth-order valence-electron chi connectivity index (χ4n) is 1.93. The Balaban J connectivity index is 1.90. The number of nitrogens with two attached hydrogens (primary N) is 1. The molecule has 0 radical (unpaired) electrons. The van der Waals surface area contributed by atoms with Crippen molar-refractivity contribution in [3.8, 4) is 0 Å². The molecule has 1 aliphatic heterocycles. The smallest absolute Gasteiger partial charge is 0.410 e. The molecule has 0 atom stereocenters. The van der Waals surface area contributed by atoms with Gasteiger partial charge in [-0.1, -0.05) is 11.3 Å². The van der Waals surface area contributed by atoms with Gasteiger partial charge in [0.15, 0.2) is 5.13 Å². The summed E-state index contributed by atoms with van der Waals surface area (Å²) in [4.78, 5) is 31.4. The molecule has 0 saturated carbocycles. The van der Waals surface area contributed by atoms with Gasteiger partial charge in [-0.25, -0.2) is 9.78 Å². The molecule has 2 rings (SSSR count). The van der Waals surface area contributed by atoms with Crippen molar-refractivity contribution in [3.63, 3.8) is 0 Å². The van der Waals surface area contributed by atoms with Crippen molar-refractivity contribution in [2.45, 2.75) is 26.4 Å². The number of hydrogen-bond donors (Lipinski definition) is 1. The maximum atomic E-state index is 12.0. The van der Waals surface area contributed by atoms with Crippen molar-refractivity contribution in [1.82, 2.24) is 9.88 Å². The first-order valence-corrected chi connectivity index (χ1v) is 7.56. The minimum absolute atomic E-state index is 0.292. The summed E-state index contributed by atoms with van der Waals surface area (Å²) in [6.07, 6.45) is 1.20. The topological polar surface area (TPSA) is 88.8 Å². The lowest BCUT2D eigenvalue weighted by Crippen LogP contribution is -2.50. The number of hydrogen-bond acceptors (Lipinski definition) is 6. The maximum absolute atomic E-state index is 12.0. The van der Waals surface area contributed by atoms with Gasteiger partial charge < -0.3 is 20.3 Å². The van der Waals surface area contributed by atoms with Gasteiger partial charge in [-0.3, -0.25) is 4.79 Å². The first-order valence-electron chi connectivity index (χ1n) is 6.75. The van der Waals surface area contributed by atoms with Gasteiger partial charge in [-0.15, -0.1) is 0 Å². The van der Waals surface area contributed by atoms with Gasteiger partial charge in [0.2, 0.25) is 0 Å². The Bertz CT molecular complexity index is 530. The molecule has 1 fully saturated rings. The third kappa shape index (κ3) is 4.07. The lowest BCUT2D eigenvalue weighted by molar-refractivity contribution is 0.0240. The normalized spacial score (nSPS) is 16.0. The highest BCUT2D eigenvalue weighted by Crippen LogP contribution is 2.23. The molecule has 8 heteroatoms. The van der Waals surface area contributed by atoms with Crippen LogP contribution in [0.25, 0.3) is 0 Å². The van der Waals surface area contributed by atoms with Crippen LogP contribution in [0, 0.1) is 0 Å². The fraction of sp³-hybridized carbons (Fsp3) is 0.615. The Morgan fingerprint density at radius 3 is 2.38 bits per heavy atom. The van der Waals surface area contributed by atoms with E-state index in [2.05, 4.69) is 4.98 Å². The fourth-order valence-corrected chi connectivity index (χ4v) is 2.75. The molecule has 1 aromatic rings. The highest BCUT2D eigenvalue weighted by molar-refractivity contribution is 7.17. The Morgan fingerprint density at radius 2 is 1.90 bits per heavy atom. The number of ether oxygens (including phenoxy) is 1. The first-order chi connectivity index (χ1) is 9.76. The van der Waals surface area contributed by atoms with E-state index in [-0.39, 0.29) is 6.09 Å². The molecule has 0 unspecified atom stereocenters. The van der Waals surface area contributed by atoms with Crippen molar-refractivity contribution < 1.29 is 14.3 Å². The van der Waals surface area contributed by atoms with Gasteiger partial charge in [0.05, 0.1) is 6.20 Å². The summed E-state index contributed by atoms with van der Waals surface area (Å²) in [5.41, 5.74) is 4.73.